The van der Waals surface area contributed by atoms with E-state index in [0.29, 0.717) is 37.6 Å². The summed E-state index contributed by atoms with van der Waals surface area (Å²) in [6, 6.07) is 4.92. The lowest BCUT2D eigenvalue weighted by molar-refractivity contribution is -0.917. The predicted molar refractivity (Wildman–Crippen MR) is 96.5 cm³/mol. The molecule has 0 spiro atoms. The Kier molecular flexibility index (Phi) is 6.41. The summed E-state index contributed by atoms with van der Waals surface area (Å²) in [6.07, 6.45) is 0. The van der Waals surface area contributed by atoms with Crippen molar-refractivity contribution < 1.29 is 18.1 Å². The lowest BCUT2D eigenvalue weighted by atomic mass is 10.2. The Hall–Kier alpha value is -0.960. The number of sulfonamides is 1. The second-order valence-electron chi connectivity index (χ2n) is 6.09. The highest BCUT2D eigenvalue weighted by molar-refractivity contribution is 9.10. The molecule has 0 radical (unpaired) electrons. The Morgan fingerprint density at radius 1 is 1.38 bits per heavy atom. The highest BCUT2D eigenvalue weighted by Gasteiger charge is 2.34. The van der Waals surface area contributed by atoms with Crippen LogP contribution in [-0.4, -0.2) is 57.4 Å². The summed E-state index contributed by atoms with van der Waals surface area (Å²) in [5, 5.41) is 2.83. The lowest BCUT2D eigenvalue weighted by Gasteiger charge is -2.34. The summed E-state index contributed by atoms with van der Waals surface area (Å²) in [7, 11) is -3.48. The largest absolute Gasteiger partial charge is 0.351 e. The highest BCUT2D eigenvalue weighted by atomic mass is 79.9. The third-order valence-electron chi connectivity index (χ3n) is 4.49. The highest BCUT2D eigenvalue weighted by Crippen LogP contribution is 2.22. The van der Waals surface area contributed by atoms with Crippen LogP contribution in [0.2, 0.25) is 0 Å². The van der Waals surface area contributed by atoms with Crippen molar-refractivity contribution >= 4 is 31.9 Å². The number of carbonyl (C=O) groups is 1. The molecular weight excluding hydrogens is 394 g/mol. The van der Waals surface area contributed by atoms with Gasteiger partial charge in [-0.15, -0.1) is 0 Å². The minimum atomic E-state index is -3.48. The molecule has 1 aliphatic rings. The number of aryl methyl sites for hydroxylation is 1. The zero-order valence-corrected chi connectivity index (χ0v) is 16.7. The van der Waals surface area contributed by atoms with Gasteiger partial charge in [0.15, 0.2) is 6.04 Å². The Bertz CT molecular complexity index is 701. The molecule has 0 unspecified atom stereocenters. The van der Waals surface area contributed by atoms with E-state index in [0.717, 1.165) is 14.9 Å². The smallest absolute Gasteiger partial charge is 0.278 e. The number of likely N-dealkylation sites (N-methyl/N-ethyl adjacent to an activating group) is 1. The normalized spacial score (nSPS) is 18.3. The second-order valence-corrected chi connectivity index (χ2v) is 8.88. The summed E-state index contributed by atoms with van der Waals surface area (Å²) in [6.45, 7) is 8.39. The molecule has 1 aromatic carbocycles. The molecule has 0 bridgehead atoms. The van der Waals surface area contributed by atoms with E-state index in [2.05, 4.69) is 21.2 Å². The zero-order chi connectivity index (χ0) is 17.9. The van der Waals surface area contributed by atoms with Gasteiger partial charge in [-0.3, -0.25) is 4.79 Å². The minimum Gasteiger partial charge on any atom is -0.351 e. The van der Waals surface area contributed by atoms with Crippen LogP contribution >= 0.6 is 15.9 Å². The van der Waals surface area contributed by atoms with E-state index in [1.807, 2.05) is 20.8 Å². The number of hydrogen-bond acceptors (Lipinski definition) is 3. The Morgan fingerprint density at radius 2 is 2.00 bits per heavy atom. The first-order valence-electron chi connectivity index (χ1n) is 8.16. The maximum atomic E-state index is 12.8. The Morgan fingerprint density at radius 3 is 2.54 bits per heavy atom. The molecule has 1 saturated heterocycles. The van der Waals surface area contributed by atoms with Crippen LogP contribution in [-0.2, 0) is 14.8 Å². The van der Waals surface area contributed by atoms with E-state index in [1.165, 1.54) is 4.31 Å². The molecule has 6 nitrogen and oxygen atoms in total. The van der Waals surface area contributed by atoms with Crippen LogP contribution < -0.4 is 10.2 Å². The van der Waals surface area contributed by atoms with E-state index in [-0.39, 0.29) is 11.9 Å². The van der Waals surface area contributed by atoms with Gasteiger partial charge in [-0.2, -0.15) is 4.31 Å². The molecule has 24 heavy (non-hydrogen) atoms. The molecule has 1 heterocycles. The van der Waals surface area contributed by atoms with Crippen LogP contribution in [0.4, 0.5) is 0 Å². The number of quaternary nitrogens is 1. The second kappa shape index (κ2) is 7.95. The van der Waals surface area contributed by atoms with Crippen molar-refractivity contribution in [2.75, 3.05) is 32.7 Å². The number of amides is 1. The number of piperazine rings is 1. The molecule has 1 aliphatic heterocycles. The van der Waals surface area contributed by atoms with E-state index in [4.69, 9.17) is 0 Å². The molecule has 0 aromatic heterocycles. The molecule has 0 saturated carbocycles. The van der Waals surface area contributed by atoms with E-state index >= 15 is 0 Å². The Labute approximate surface area is 152 Å². The number of hydrogen-bond donors (Lipinski definition) is 2. The molecule has 1 aromatic rings. The predicted octanol–water partition coefficient (Wildman–Crippen LogP) is 0.171. The SMILES string of the molecule is CCNC(=O)[C@H](C)[NH+]1CCN(S(=O)(=O)c2ccc(Br)c(C)c2)CC1. The van der Waals surface area contributed by atoms with Crippen molar-refractivity contribution in [3.63, 3.8) is 0 Å². The maximum absolute atomic E-state index is 12.8. The quantitative estimate of drug-likeness (QED) is 0.715. The maximum Gasteiger partial charge on any atom is 0.278 e. The summed E-state index contributed by atoms with van der Waals surface area (Å²) in [5.74, 6) is 0.0207. The molecule has 2 rings (SSSR count). The molecule has 1 amide bonds. The van der Waals surface area contributed by atoms with Crippen LogP contribution in [0.1, 0.15) is 19.4 Å². The lowest BCUT2D eigenvalue weighted by Crippen LogP contribution is -3.19. The van der Waals surface area contributed by atoms with E-state index < -0.39 is 10.0 Å². The van der Waals surface area contributed by atoms with E-state index in [9.17, 15) is 13.2 Å². The van der Waals surface area contributed by atoms with E-state index in [1.54, 1.807) is 18.2 Å². The van der Waals surface area contributed by atoms with Crippen molar-refractivity contribution in [2.45, 2.75) is 31.7 Å². The van der Waals surface area contributed by atoms with Gasteiger partial charge in [-0.1, -0.05) is 15.9 Å². The number of benzene rings is 1. The number of nitrogens with one attached hydrogen (secondary N) is 2. The van der Waals surface area contributed by atoms with Gasteiger partial charge in [0.1, 0.15) is 0 Å². The molecule has 1 atom stereocenters. The van der Waals surface area contributed by atoms with Crippen LogP contribution in [0.3, 0.4) is 0 Å². The number of carbonyl (C=O) groups excluding carboxylic acids is 1. The number of rotatable bonds is 5. The van der Waals surface area contributed by atoms with Crippen LogP contribution in [0.15, 0.2) is 27.6 Å². The Balaban J connectivity index is 2.05. The standard InChI is InChI=1S/C16H24BrN3O3S/c1-4-18-16(21)13(3)19-7-9-20(10-8-19)24(22,23)14-5-6-15(17)12(2)11-14/h5-6,11,13H,4,7-10H2,1-3H3,(H,18,21)/p+1/t13-/m0/s1. The molecular formula is C16H25BrN3O3S+. The minimum absolute atomic E-state index is 0.0207. The van der Waals surface area contributed by atoms with Gasteiger partial charge in [0.2, 0.25) is 10.0 Å². The van der Waals surface area contributed by atoms with Crippen molar-refractivity contribution in [2.24, 2.45) is 0 Å². The fourth-order valence-electron chi connectivity index (χ4n) is 2.89. The average Bonchev–Trinajstić information content (AvgIpc) is 2.57. The summed E-state index contributed by atoms with van der Waals surface area (Å²) in [5.41, 5.74) is 0.894. The molecule has 8 heteroatoms. The first-order valence-corrected chi connectivity index (χ1v) is 10.4. The number of halogens is 1. The molecule has 1 fully saturated rings. The van der Waals surface area contributed by atoms with Crippen molar-refractivity contribution in [1.82, 2.24) is 9.62 Å². The van der Waals surface area contributed by atoms with Gasteiger partial charge in [0.05, 0.1) is 31.1 Å². The first kappa shape index (κ1) is 19.4. The molecule has 0 aliphatic carbocycles. The van der Waals surface area contributed by atoms with Crippen LogP contribution in [0.5, 0.6) is 0 Å². The summed E-state index contributed by atoms with van der Waals surface area (Å²) in [4.78, 5) is 13.4. The average molecular weight is 419 g/mol. The first-order chi connectivity index (χ1) is 11.3. The van der Waals surface area contributed by atoms with Gasteiger partial charge in [0, 0.05) is 11.0 Å². The fraction of sp³-hybridized carbons (Fsp3) is 0.562. The van der Waals surface area contributed by atoms with Crippen molar-refractivity contribution in [1.29, 1.82) is 0 Å². The number of nitrogens with zero attached hydrogens (tertiary/aromatic N) is 1. The summed E-state index contributed by atoms with van der Waals surface area (Å²) >= 11 is 3.39. The van der Waals surface area contributed by atoms with Crippen LogP contribution in [0, 0.1) is 6.92 Å². The van der Waals surface area contributed by atoms with Gasteiger partial charge in [0.25, 0.3) is 5.91 Å². The van der Waals surface area contributed by atoms with Crippen molar-refractivity contribution in [3.8, 4) is 0 Å². The molecule has 134 valence electrons. The van der Waals surface area contributed by atoms with Crippen LogP contribution in [0.25, 0.3) is 0 Å². The molecule has 2 N–H and O–H groups in total. The van der Waals surface area contributed by atoms with Crippen molar-refractivity contribution in [3.05, 3.63) is 28.2 Å². The zero-order valence-electron chi connectivity index (χ0n) is 14.3. The monoisotopic (exact) mass is 418 g/mol. The summed E-state index contributed by atoms with van der Waals surface area (Å²) < 4.78 is 28.0. The van der Waals surface area contributed by atoms with Gasteiger partial charge in [-0.25, -0.2) is 8.42 Å². The van der Waals surface area contributed by atoms with Gasteiger partial charge < -0.3 is 10.2 Å². The van der Waals surface area contributed by atoms with Gasteiger partial charge >= 0.3 is 0 Å². The third kappa shape index (κ3) is 4.17. The fourth-order valence-corrected chi connectivity index (χ4v) is 4.66. The van der Waals surface area contributed by atoms with Gasteiger partial charge in [-0.05, 0) is 44.5 Å². The topological polar surface area (TPSA) is 70.9 Å². The third-order valence-corrected chi connectivity index (χ3v) is 7.27.